The zero-order valence-corrected chi connectivity index (χ0v) is 22.8. The number of alkyl halides is 3. The van der Waals surface area contributed by atoms with Crippen LogP contribution in [0.4, 0.5) is 24.8 Å². The summed E-state index contributed by atoms with van der Waals surface area (Å²) < 4.78 is 39.3. The minimum Gasteiger partial charge on any atom is -0.376 e. The monoisotopic (exact) mass is 584 g/mol. The van der Waals surface area contributed by atoms with E-state index >= 15 is 0 Å². The van der Waals surface area contributed by atoms with Crippen molar-refractivity contribution in [3.63, 3.8) is 0 Å². The highest BCUT2D eigenvalue weighted by molar-refractivity contribution is 8.04. The molecule has 1 saturated heterocycles. The fourth-order valence-corrected chi connectivity index (χ4v) is 5.46. The van der Waals surface area contributed by atoms with E-state index in [0.29, 0.717) is 17.9 Å². The van der Waals surface area contributed by atoms with Crippen molar-refractivity contribution in [1.82, 2.24) is 30.5 Å². The number of halogens is 4. The van der Waals surface area contributed by atoms with Gasteiger partial charge in [-0.2, -0.15) is 13.2 Å². The molecule has 210 valence electrons. The first-order valence-corrected chi connectivity index (χ1v) is 13.5. The first-order chi connectivity index (χ1) is 18.5. The fourth-order valence-electron chi connectivity index (χ4n) is 4.28. The van der Waals surface area contributed by atoms with E-state index in [9.17, 15) is 22.8 Å². The van der Waals surface area contributed by atoms with E-state index in [1.807, 2.05) is 0 Å². The highest BCUT2D eigenvalue weighted by Crippen LogP contribution is 2.36. The van der Waals surface area contributed by atoms with Gasteiger partial charge < -0.3 is 26.2 Å². The molecule has 15 heteroatoms. The molecule has 39 heavy (non-hydrogen) atoms. The largest absolute Gasteiger partial charge is 0.418 e. The van der Waals surface area contributed by atoms with Gasteiger partial charge in [-0.3, -0.25) is 9.59 Å². The van der Waals surface area contributed by atoms with Crippen LogP contribution in [0, 0.1) is 0 Å². The van der Waals surface area contributed by atoms with Crippen LogP contribution < -0.4 is 21.3 Å². The van der Waals surface area contributed by atoms with E-state index in [0.717, 1.165) is 37.5 Å². The van der Waals surface area contributed by atoms with Crippen LogP contribution in [-0.2, 0) is 11.0 Å². The van der Waals surface area contributed by atoms with Gasteiger partial charge in [0, 0.05) is 31.0 Å². The third-order valence-corrected chi connectivity index (χ3v) is 8.08. The van der Waals surface area contributed by atoms with Crippen molar-refractivity contribution in [2.75, 3.05) is 30.8 Å². The lowest BCUT2D eigenvalue weighted by Gasteiger charge is -2.21. The lowest BCUT2D eigenvalue weighted by atomic mass is 10.1. The number of nitrogens with zero attached hydrogens (tertiary/aromatic N) is 4. The van der Waals surface area contributed by atoms with Crippen molar-refractivity contribution >= 4 is 46.8 Å². The van der Waals surface area contributed by atoms with Crippen molar-refractivity contribution in [2.24, 2.45) is 0 Å². The molecule has 1 fully saturated rings. The summed E-state index contributed by atoms with van der Waals surface area (Å²) in [6.45, 7) is 3.59. The molecular weight excluding hydrogens is 557 g/mol. The summed E-state index contributed by atoms with van der Waals surface area (Å²) in [7, 11) is 2.12. The molecule has 4 N–H and O–H groups in total. The lowest BCUT2D eigenvalue weighted by molar-refractivity contribution is -0.137. The maximum absolute atomic E-state index is 13.1. The zero-order valence-electron chi connectivity index (χ0n) is 21.2. The van der Waals surface area contributed by atoms with Crippen molar-refractivity contribution in [3.05, 3.63) is 52.0 Å². The van der Waals surface area contributed by atoms with Crippen LogP contribution >= 0.6 is 23.4 Å². The van der Waals surface area contributed by atoms with Gasteiger partial charge in [0.25, 0.3) is 11.8 Å². The highest BCUT2D eigenvalue weighted by atomic mass is 35.5. The van der Waals surface area contributed by atoms with Crippen LogP contribution in [0.2, 0.25) is 5.02 Å². The molecule has 0 aromatic carbocycles. The molecule has 0 spiro atoms. The number of anilines is 2. The minimum atomic E-state index is -4.69. The Balaban J connectivity index is 1.27. The van der Waals surface area contributed by atoms with E-state index in [1.54, 1.807) is 13.0 Å². The maximum atomic E-state index is 13.1. The van der Waals surface area contributed by atoms with E-state index < -0.39 is 40.0 Å². The standard InChI is InChI=1S/C24H28ClF3N8O2S/c1-13(34-21(37)17-9-19(33-12-32-17)29-6-5-14-4-3-7-36(14)2)23-31-11-18(39-23)22(38)35-20-8-15(24(26,27)28)16(25)10-30-20/h8-14,23,31H,3-7H2,1-2H3,(H,34,37)(H,29,32,33)(H,30,35,38). The number of carbonyl (C=O) groups is 2. The third-order valence-electron chi connectivity index (χ3n) is 6.43. The quantitative estimate of drug-likeness (QED) is 0.349. The topological polar surface area (TPSA) is 124 Å². The Morgan fingerprint density at radius 2 is 2.03 bits per heavy atom. The second kappa shape index (κ2) is 12.4. The first-order valence-electron chi connectivity index (χ1n) is 12.2. The molecule has 2 aromatic heterocycles. The summed E-state index contributed by atoms with van der Waals surface area (Å²) in [4.78, 5) is 40.0. The molecule has 4 heterocycles. The third kappa shape index (κ3) is 7.51. The molecule has 3 unspecified atom stereocenters. The Kier molecular flexibility index (Phi) is 9.18. The summed E-state index contributed by atoms with van der Waals surface area (Å²) >= 11 is 6.70. The molecule has 2 aliphatic rings. The van der Waals surface area contributed by atoms with E-state index in [2.05, 4.69) is 48.2 Å². The minimum absolute atomic E-state index is 0.195. The predicted octanol–water partition coefficient (Wildman–Crippen LogP) is 3.70. The van der Waals surface area contributed by atoms with Gasteiger partial charge in [-0.1, -0.05) is 23.4 Å². The van der Waals surface area contributed by atoms with Crippen LogP contribution in [0.3, 0.4) is 0 Å². The first kappa shape index (κ1) is 28.9. The van der Waals surface area contributed by atoms with Crippen LogP contribution in [0.25, 0.3) is 0 Å². The van der Waals surface area contributed by atoms with Crippen LogP contribution in [-0.4, -0.2) is 69.3 Å². The summed E-state index contributed by atoms with van der Waals surface area (Å²) in [5.41, 5.74) is -0.903. The molecule has 10 nitrogen and oxygen atoms in total. The molecule has 4 rings (SSSR count). The van der Waals surface area contributed by atoms with Gasteiger partial charge in [-0.05, 0) is 45.8 Å². The molecular formula is C24H28ClF3N8O2S. The van der Waals surface area contributed by atoms with Crippen molar-refractivity contribution in [2.45, 2.75) is 49.8 Å². The van der Waals surface area contributed by atoms with Gasteiger partial charge in [-0.25, -0.2) is 15.0 Å². The smallest absolute Gasteiger partial charge is 0.376 e. The highest BCUT2D eigenvalue weighted by Gasteiger charge is 2.34. The van der Waals surface area contributed by atoms with Gasteiger partial charge in [0.15, 0.2) is 0 Å². The molecule has 0 radical (unpaired) electrons. The van der Waals surface area contributed by atoms with E-state index in [-0.39, 0.29) is 16.4 Å². The van der Waals surface area contributed by atoms with Crippen LogP contribution in [0.1, 0.15) is 42.2 Å². The zero-order chi connectivity index (χ0) is 28.2. The number of rotatable bonds is 9. The number of hydrogen-bond acceptors (Lipinski definition) is 9. The Hall–Kier alpha value is -3.10. The molecule has 2 amide bonds. The van der Waals surface area contributed by atoms with Gasteiger partial charge in [-0.15, -0.1) is 0 Å². The number of aromatic nitrogens is 3. The molecule has 0 bridgehead atoms. The molecule has 2 aliphatic heterocycles. The fraction of sp³-hybridized carbons (Fsp3) is 0.458. The summed E-state index contributed by atoms with van der Waals surface area (Å²) in [6, 6.07) is 2.37. The molecule has 2 aromatic rings. The normalized spacial score (nSPS) is 20.2. The summed E-state index contributed by atoms with van der Waals surface area (Å²) in [6.07, 6.45) is 2.26. The Morgan fingerprint density at radius 3 is 2.74 bits per heavy atom. The van der Waals surface area contributed by atoms with Crippen LogP contribution in [0.15, 0.2) is 35.8 Å². The molecule has 3 atom stereocenters. The van der Waals surface area contributed by atoms with Crippen LogP contribution in [0.5, 0.6) is 0 Å². The predicted molar refractivity (Wildman–Crippen MR) is 143 cm³/mol. The SMILES string of the molecule is CC(NC(=O)c1cc(NCCC2CCCN2C)ncn1)C1NC=C(C(=O)Nc2cc(C(F)(F)F)c(Cl)cn2)S1. The second-order valence-corrected chi connectivity index (χ2v) is 10.8. The number of nitrogens with one attached hydrogen (secondary N) is 4. The lowest BCUT2D eigenvalue weighted by Crippen LogP contribution is -2.43. The van der Waals surface area contributed by atoms with Gasteiger partial charge in [0.05, 0.1) is 26.9 Å². The van der Waals surface area contributed by atoms with Crippen molar-refractivity contribution < 1.29 is 22.8 Å². The Morgan fingerprint density at radius 1 is 1.23 bits per heavy atom. The summed E-state index contributed by atoms with van der Waals surface area (Å²) in [5, 5.41) is 10.5. The number of hydrogen-bond donors (Lipinski definition) is 4. The van der Waals surface area contributed by atoms with Gasteiger partial charge in [0.2, 0.25) is 0 Å². The Labute approximate surface area is 232 Å². The number of pyridine rings is 1. The van der Waals surface area contributed by atoms with Crippen molar-refractivity contribution in [3.8, 4) is 0 Å². The average molecular weight is 585 g/mol. The number of amides is 2. The maximum Gasteiger partial charge on any atom is 0.418 e. The van der Waals surface area contributed by atoms with Crippen molar-refractivity contribution in [1.29, 1.82) is 0 Å². The molecule has 0 aliphatic carbocycles. The second-order valence-electron chi connectivity index (χ2n) is 9.26. The number of thioether (sulfide) groups is 1. The summed E-state index contributed by atoms with van der Waals surface area (Å²) in [5.74, 6) is -0.783. The number of carbonyl (C=O) groups excluding carboxylic acids is 2. The van der Waals surface area contributed by atoms with Gasteiger partial charge in [0.1, 0.15) is 23.7 Å². The molecule has 0 saturated carbocycles. The van der Waals surface area contributed by atoms with Gasteiger partial charge >= 0.3 is 6.18 Å². The van der Waals surface area contributed by atoms with E-state index in [4.69, 9.17) is 11.6 Å². The number of likely N-dealkylation sites (tertiary alicyclic amines) is 1. The Bertz CT molecular complexity index is 1250. The average Bonchev–Trinajstić information content (AvgIpc) is 3.54. The van der Waals surface area contributed by atoms with E-state index in [1.165, 1.54) is 25.4 Å².